The van der Waals surface area contributed by atoms with Gasteiger partial charge in [-0.3, -0.25) is 4.79 Å². The number of hydrogen-bond donors (Lipinski definition) is 1. The van der Waals surface area contributed by atoms with Crippen molar-refractivity contribution in [2.45, 2.75) is 5.75 Å². The molecule has 1 aliphatic heterocycles. The van der Waals surface area contributed by atoms with Gasteiger partial charge in [0, 0.05) is 48.3 Å². The molecule has 1 fully saturated rings. The fourth-order valence-corrected chi connectivity index (χ4v) is 4.00. The highest BCUT2D eigenvalue weighted by molar-refractivity contribution is 7.99. The van der Waals surface area contributed by atoms with Gasteiger partial charge in [-0.25, -0.2) is 0 Å². The molecule has 2 aromatic carbocycles. The van der Waals surface area contributed by atoms with Crippen molar-refractivity contribution in [3.8, 4) is 0 Å². The van der Waals surface area contributed by atoms with Crippen LogP contribution in [0, 0.1) is 0 Å². The van der Waals surface area contributed by atoms with E-state index in [0.29, 0.717) is 5.75 Å². The van der Waals surface area contributed by atoms with Crippen LogP contribution in [0.3, 0.4) is 0 Å². The molecular formula is C20H24ClN3OS. The highest BCUT2D eigenvalue weighted by atomic mass is 35.5. The van der Waals surface area contributed by atoms with E-state index in [9.17, 15) is 4.79 Å². The lowest BCUT2D eigenvalue weighted by atomic mass is 10.2. The quantitative estimate of drug-likeness (QED) is 0.811. The van der Waals surface area contributed by atoms with Crippen LogP contribution in [0.1, 0.15) is 5.56 Å². The molecule has 0 saturated carbocycles. The Bertz CT molecular complexity index is 730. The molecule has 4 nitrogen and oxygen atoms in total. The monoisotopic (exact) mass is 389 g/mol. The van der Waals surface area contributed by atoms with E-state index < -0.39 is 0 Å². The second-order valence-corrected chi connectivity index (χ2v) is 7.86. The van der Waals surface area contributed by atoms with Gasteiger partial charge < -0.3 is 15.1 Å². The molecular weight excluding hydrogens is 366 g/mol. The normalized spacial score (nSPS) is 15.1. The summed E-state index contributed by atoms with van der Waals surface area (Å²) in [6.45, 7) is 4.25. The van der Waals surface area contributed by atoms with Gasteiger partial charge in [0.1, 0.15) is 0 Å². The van der Waals surface area contributed by atoms with E-state index in [-0.39, 0.29) is 5.91 Å². The number of likely N-dealkylation sites (N-methyl/N-ethyl adjacent to an activating group) is 1. The summed E-state index contributed by atoms with van der Waals surface area (Å²) in [6.07, 6.45) is 0. The number of hydrogen-bond acceptors (Lipinski definition) is 4. The Labute approximate surface area is 164 Å². The van der Waals surface area contributed by atoms with Gasteiger partial charge in [-0.2, -0.15) is 0 Å². The maximum absolute atomic E-state index is 12.1. The second kappa shape index (κ2) is 9.31. The van der Waals surface area contributed by atoms with Gasteiger partial charge in [-0.05, 0) is 42.9 Å². The van der Waals surface area contributed by atoms with Crippen LogP contribution < -0.4 is 10.2 Å². The third-order valence-electron chi connectivity index (χ3n) is 4.47. The summed E-state index contributed by atoms with van der Waals surface area (Å²) in [7, 11) is 2.15. The first-order valence-corrected chi connectivity index (χ1v) is 10.3. The van der Waals surface area contributed by atoms with Crippen LogP contribution in [0.2, 0.25) is 5.02 Å². The summed E-state index contributed by atoms with van der Waals surface area (Å²) in [6, 6.07) is 15.9. The zero-order chi connectivity index (χ0) is 18.4. The lowest BCUT2D eigenvalue weighted by molar-refractivity contribution is -0.113. The van der Waals surface area contributed by atoms with Gasteiger partial charge in [0.15, 0.2) is 0 Å². The van der Waals surface area contributed by atoms with Gasteiger partial charge in [0.25, 0.3) is 0 Å². The van der Waals surface area contributed by atoms with Crippen LogP contribution in [-0.4, -0.2) is 49.8 Å². The number of halogens is 1. The third kappa shape index (κ3) is 5.40. The third-order valence-corrected chi connectivity index (χ3v) is 5.82. The first-order valence-electron chi connectivity index (χ1n) is 8.76. The van der Waals surface area contributed by atoms with Crippen molar-refractivity contribution >= 4 is 40.6 Å². The van der Waals surface area contributed by atoms with Crippen molar-refractivity contribution in [1.29, 1.82) is 0 Å². The first-order chi connectivity index (χ1) is 12.6. The van der Waals surface area contributed by atoms with Gasteiger partial charge in [-0.15, -0.1) is 11.8 Å². The molecule has 1 heterocycles. The Morgan fingerprint density at radius 1 is 1.08 bits per heavy atom. The molecule has 0 unspecified atom stereocenters. The van der Waals surface area contributed by atoms with Crippen molar-refractivity contribution < 1.29 is 4.79 Å². The topological polar surface area (TPSA) is 35.6 Å². The van der Waals surface area contributed by atoms with E-state index in [1.165, 1.54) is 5.69 Å². The highest BCUT2D eigenvalue weighted by Crippen LogP contribution is 2.22. The van der Waals surface area contributed by atoms with Crippen molar-refractivity contribution in [2.75, 3.05) is 49.2 Å². The van der Waals surface area contributed by atoms with Crippen LogP contribution in [0.25, 0.3) is 0 Å². The molecule has 0 atom stereocenters. The molecule has 2 aromatic rings. The number of carbonyl (C=O) groups is 1. The summed E-state index contributed by atoms with van der Waals surface area (Å²) in [4.78, 5) is 16.8. The Kier molecular flexibility index (Phi) is 6.83. The Balaban J connectivity index is 1.45. The maximum atomic E-state index is 12.1. The number of rotatable bonds is 6. The van der Waals surface area contributed by atoms with Gasteiger partial charge >= 0.3 is 0 Å². The number of nitrogens with one attached hydrogen (secondary N) is 1. The molecule has 138 valence electrons. The highest BCUT2D eigenvalue weighted by Gasteiger charge is 2.14. The van der Waals surface area contributed by atoms with E-state index in [2.05, 4.69) is 34.3 Å². The van der Waals surface area contributed by atoms with E-state index in [0.717, 1.165) is 48.2 Å². The van der Waals surface area contributed by atoms with Gasteiger partial charge in [-0.1, -0.05) is 29.8 Å². The van der Waals surface area contributed by atoms with E-state index >= 15 is 0 Å². The standard InChI is InChI=1S/C20H24ClN3OS/c1-23-10-12-24(13-11-23)18-8-6-17(7-9-18)22-20(25)15-26-14-16-4-2-3-5-19(16)21/h2-9H,10-15H2,1H3,(H,22,25). The minimum atomic E-state index is 0.00870. The summed E-state index contributed by atoms with van der Waals surface area (Å²) in [5, 5.41) is 3.71. The second-order valence-electron chi connectivity index (χ2n) is 6.47. The van der Waals surface area contributed by atoms with Crippen LogP contribution in [0.15, 0.2) is 48.5 Å². The van der Waals surface area contributed by atoms with E-state index in [1.54, 1.807) is 11.8 Å². The molecule has 1 saturated heterocycles. The number of benzene rings is 2. The zero-order valence-electron chi connectivity index (χ0n) is 15.0. The Morgan fingerprint density at radius 3 is 2.46 bits per heavy atom. The van der Waals surface area contributed by atoms with Gasteiger partial charge in [0.2, 0.25) is 5.91 Å². The minimum Gasteiger partial charge on any atom is -0.369 e. The number of nitrogens with zero attached hydrogens (tertiary/aromatic N) is 2. The summed E-state index contributed by atoms with van der Waals surface area (Å²) in [5.41, 5.74) is 3.11. The van der Waals surface area contributed by atoms with Crippen LogP contribution in [0.4, 0.5) is 11.4 Å². The average Bonchev–Trinajstić information content (AvgIpc) is 2.65. The number of anilines is 2. The molecule has 3 rings (SSSR count). The average molecular weight is 390 g/mol. The smallest absolute Gasteiger partial charge is 0.234 e. The molecule has 0 aromatic heterocycles. The van der Waals surface area contributed by atoms with Crippen molar-refractivity contribution in [3.63, 3.8) is 0 Å². The molecule has 1 N–H and O–H groups in total. The summed E-state index contributed by atoms with van der Waals surface area (Å²) in [5.74, 6) is 1.15. The molecule has 6 heteroatoms. The minimum absolute atomic E-state index is 0.00870. The predicted molar refractivity (Wildman–Crippen MR) is 112 cm³/mol. The Hall–Kier alpha value is -1.69. The number of carbonyl (C=O) groups excluding carboxylic acids is 1. The van der Waals surface area contributed by atoms with Crippen molar-refractivity contribution in [1.82, 2.24) is 4.90 Å². The fourth-order valence-electron chi connectivity index (χ4n) is 2.89. The SMILES string of the molecule is CN1CCN(c2ccc(NC(=O)CSCc3ccccc3Cl)cc2)CC1. The van der Waals surface area contributed by atoms with Crippen LogP contribution in [0.5, 0.6) is 0 Å². The number of thioether (sulfide) groups is 1. The van der Waals surface area contributed by atoms with Crippen molar-refractivity contribution in [3.05, 3.63) is 59.1 Å². The molecule has 0 radical (unpaired) electrons. The zero-order valence-corrected chi connectivity index (χ0v) is 16.5. The molecule has 1 aliphatic rings. The molecule has 0 spiro atoms. The number of amides is 1. The van der Waals surface area contributed by atoms with E-state index in [1.807, 2.05) is 36.4 Å². The molecule has 0 aliphatic carbocycles. The van der Waals surface area contributed by atoms with Crippen LogP contribution >= 0.6 is 23.4 Å². The molecule has 0 bridgehead atoms. The maximum Gasteiger partial charge on any atom is 0.234 e. The van der Waals surface area contributed by atoms with Crippen molar-refractivity contribution in [2.24, 2.45) is 0 Å². The number of piperazine rings is 1. The lowest BCUT2D eigenvalue weighted by Gasteiger charge is -2.34. The first kappa shape index (κ1) is 19.1. The lowest BCUT2D eigenvalue weighted by Crippen LogP contribution is -2.44. The summed E-state index contributed by atoms with van der Waals surface area (Å²) < 4.78 is 0. The van der Waals surface area contributed by atoms with E-state index in [4.69, 9.17) is 11.6 Å². The molecule has 26 heavy (non-hydrogen) atoms. The Morgan fingerprint density at radius 2 is 1.77 bits per heavy atom. The molecule has 1 amide bonds. The predicted octanol–water partition coefficient (Wildman–Crippen LogP) is 3.96. The van der Waals surface area contributed by atoms with Crippen LogP contribution in [-0.2, 0) is 10.5 Å². The largest absolute Gasteiger partial charge is 0.369 e. The fraction of sp³-hybridized carbons (Fsp3) is 0.350. The van der Waals surface area contributed by atoms with Gasteiger partial charge in [0.05, 0.1) is 5.75 Å². The summed E-state index contributed by atoms with van der Waals surface area (Å²) >= 11 is 7.70.